The molecule has 28 heavy (non-hydrogen) atoms. The van der Waals surface area contributed by atoms with Crippen molar-refractivity contribution in [3.8, 4) is 0 Å². The first-order chi connectivity index (χ1) is 13.3. The Kier molecular flexibility index (Phi) is 4.31. The zero-order valence-electron chi connectivity index (χ0n) is 17.7. The van der Waals surface area contributed by atoms with Gasteiger partial charge in [0.05, 0.1) is 11.7 Å². The van der Waals surface area contributed by atoms with Crippen LogP contribution in [0.3, 0.4) is 0 Å². The number of carbonyl (C=O) groups is 1. The lowest BCUT2D eigenvalue weighted by atomic mass is 9.43. The number of aliphatic hydroxyl groups is 1. The zero-order valence-corrected chi connectivity index (χ0v) is 17.7. The van der Waals surface area contributed by atoms with Crippen molar-refractivity contribution >= 4 is 5.97 Å². The third kappa shape index (κ3) is 2.40. The molecule has 4 aliphatic carbocycles. The molecule has 1 aliphatic heterocycles. The number of fused-ring (bicyclic) bond motifs is 5. The van der Waals surface area contributed by atoms with E-state index in [0.29, 0.717) is 35.9 Å². The minimum absolute atomic E-state index is 0.124. The number of cyclic esters (lactones) is 1. The lowest BCUT2D eigenvalue weighted by Crippen LogP contribution is -2.62. The van der Waals surface area contributed by atoms with Gasteiger partial charge in [-0.2, -0.15) is 0 Å². The topological polar surface area (TPSA) is 55.8 Å². The third-order valence-corrected chi connectivity index (χ3v) is 10.3. The maximum absolute atomic E-state index is 12.2. The Labute approximate surface area is 169 Å². The smallest absolute Gasteiger partial charge is 0.331 e. The second-order valence-corrected chi connectivity index (χ2v) is 10.9. The molecular formula is C24H36O4. The summed E-state index contributed by atoms with van der Waals surface area (Å²) < 4.78 is 10.9. The van der Waals surface area contributed by atoms with Crippen molar-refractivity contribution in [1.29, 1.82) is 0 Å². The minimum Gasteiger partial charge on any atom is -0.458 e. The molecule has 0 spiro atoms. The van der Waals surface area contributed by atoms with E-state index in [1.165, 1.54) is 25.7 Å². The van der Waals surface area contributed by atoms with Gasteiger partial charge in [0, 0.05) is 18.6 Å². The lowest BCUT2D eigenvalue weighted by Gasteiger charge is -2.63. The molecule has 4 fully saturated rings. The van der Waals surface area contributed by atoms with Crippen LogP contribution in [0.5, 0.6) is 0 Å². The van der Waals surface area contributed by atoms with Gasteiger partial charge in [-0.1, -0.05) is 13.8 Å². The van der Waals surface area contributed by atoms with E-state index in [2.05, 4.69) is 13.8 Å². The van der Waals surface area contributed by atoms with Gasteiger partial charge in [-0.05, 0) is 92.4 Å². The van der Waals surface area contributed by atoms with Gasteiger partial charge in [-0.3, -0.25) is 0 Å². The number of ether oxygens (including phenoxy) is 2. The van der Waals surface area contributed by atoms with E-state index in [-0.39, 0.29) is 11.4 Å². The van der Waals surface area contributed by atoms with Gasteiger partial charge in [0.25, 0.3) is 0 Å². The summed E-state index contributed by atoms with van der Waals surface area (Å²) >= 11 is 0. The Balaban J connectivity index is 1.44. The Hall–Kier alpha value is -0.870. The Morgan fingerprint density at radius 2 is 1.89 bits per heavy atom. The third-order valence-electron chi connectivity index (χ3n) is 10.3. The van der Waals surface area contributed by atoms with Gasteiger partial charge in [-0.15, -0.1) is 0 Å². The van der Waals surface area contributed by atoms with Crippen molar-refractivity contribution in [2.45, 2.75) is 83.3 Å². The molecule has 1 N–H and O–H groups in total. The van der Waals surface area contributed by atoms with Crippen LogP contribution in [0.15, 0.2) is 11.6 Å². The number of hydrogen-bond donors (Lipinski definition) is 1. The fourth-order valence-electron chi connectivity index (χ4n) is 8.58. The first-order valence-corrected chi connectivity index (χ1v) is 11.4. The SMILES string of the molecule is CO[C@H]1CC[C@@]2(C)[C@@H](CC[C@@H]3[C@@H]2CC[C@]2(C)[C@@H](C4=CC(=O)OC4)CC[C@]32O)C1. The van der Waals surface area contributed by atoms with Crippen LogP contribution in [-0.2, 0) is 14.3 Å². The molecular weight excluding hydrogens is 352 g/mol. The second kappa shape index (κ2) is 6.31. The van der Waals surface area contributed by atoms with Crippen molar-refractivity contribution in [2.24, 2.45) is 34.5 Å². The molecule has 0 amide bonds. The molecule has 4 saturated carbocycles. The number of carbonyl (C=O) groups excluding carboxylic acids is 1. The normalized spacial score (nSPS) is 53.1. The number of esters is 1. The molecule has 4 heteroatoms. The molecule has 5 aliphatic rings. The van der Waals surface area contributed by atoms with Gasteiger partial charge >= 0.3 is 5.97 Å². The molecule has 0 bridgehead atoms. The van der Waals surface area contributed by atoms with Crippen LogP contribution in [0.1, 0.15) is 71.6 Å². The van der Waals surface area contributed by atoms with E-state index in [1.807, 2.05) is 7.11 Å². The monoisotopic (exact) mass is 388 g/mol. The molecule has 0 aromatic heterocycles. The highest BCUT2D eigenvalue weighted by Crippen LogP contribution is 2.69. The molecule has 8 atom stereocenters. The number of hydrogen-bond acceptors (Lipinski definition) is 4. The summed E-state index contributed by atoms with van der Waals surface area (Å²) in [5.74, 6) is 1.85. The lowest BCUT2D eigenvalue weighted by molar-refractivity contribution is -0.209. The van der Waals surface area contributed by atoms with E-state index in [0.717, 1.165) is 43.6 Å². The zero-order chi connectivity index (χ0) is 19.7. The quantitative estimate of drug-likeness (QED) is 0.718. The van der Waals surface area contributed by atoms with Gasteiger partial charge in [0.1, 0.15) is 6.61 Å². The molecule has 0 aromatic carbocycles. The number of methoxy groups -OCH3 is 1. The minimum atomic E-state index is -0.598. The molecule has 0 radical (unpaired) electrons. The summed E-state index contributed by atoms with van der Waals surface area (Å²) in [6, 6.07) is 0. The van der Waals surface area contributed by atoms with Gasteiger partial charge in [0.2, 0.25) is 0 Å². The molecule has 1 heterocycles. The van der Waals surface area contributed by atoms with Gasteiger partial charge in [-0.25, -0.2) is 4.79 Å². The standard InChI is InChI=1S/C24H36O4/c1-22-9-6-17(27-3)13-16(22)4-5-20-19(22)7-10-23(2)18(8-11-24(20,23)26)15-12-21(25)28-14-15/h12,16-20,26H,4-11,13-14H2,1-3H3/t16-,17-,18+,19-,20+,22-,23+,24-/m0/s1. The summed E-state index contributed by atoms with van der Waals surface area (Å²) in [6.45, 7) is 5.26. The highest BCUT2D eigenvalue weighted by molar-refractivity contribution is 5.85. The number of rotatable bonds is 2. The fraction of sp³-hybridized carbons (Fsp3) is 0.875. The van der Waals surface area contributed by atoms with Crippen LogP contribution in [0, 0.1) is 34.5 Å². The summed E-state index contributed by atoms with van der Waals surface area (Å²) in [4.78, 5) is 11.7. The summed E-state index contributed by atoms with van der Waals surface area (Å²) in [6.07, 6.45) is 12.3. The van der Waals surface area contributed by atoms with E-state index < -0.39 is 5.60 Å². The van der Waals surface area contributed by atoms with Gasteiger partial charge < -0.3 is 14.6 Å². The largest absolute Gasteiger partial charge is 0.458 e. The Bertz CT molecular complexity index is 701. The van der Waals surface area contributed by atoms with Crippen molar-refractivity contribution < 1.29 is 19.4 Å². The van der Waals surface area contributed by atoms with E-state index in [9.17, 15) is 9.90 Å². The van der Waals surface area contributed by atoms with Crippen LogP contribution >= 0.6 is 0 Å². The first-order valence-electron chi connectivity index (χ1n) is 11.4. The summed E-state index contributed by atoms with van der Waals surface area (Å²) in [5, 5.41) is 12.2. The molecule has 4 nitrogen and oxygen atoms in total. The predicted molar refractivity (Wildman–Crippen MR) is 107 cm³/mol. The second-order valence-electron chi connectivity index (χ2n) is 10.9. The van der Waals surface area contributed by atoms with Gasteiger partial charge in [0.15, 0.2) is 0 Å². The van der Waals surface area contributed by atoms with Crippen LogP contribution in [0.25, 0.3) is 0 Å². The average Bonchev–Trinajstić information content (AvgIpc) is 3.21. The molecule has 5 rings (SSSR count). The van der Waals surface area contributed by atoms with E-state index >= 15 is 0 Å². The summed E-state index contributed by atoms with van der Waals surface area (Å²) in [5.41, 5.74) is 0.751. The van der Waals surface area contributed by atoms with Crippen molar-refractivity contribution in [3.63, 3.8) is 0 Å². The predicted octanol–water partition coefficient (Wildman–Crippen LogP) is 4.26. The van der Waals surface area contributed by atoms with Crippen LogP contribution in [-0.4, -0.2) is 36.5 Å². The van der Waals surface area contributed by atoms with E-state index in [1.54, 1.807) is 6.08 Å². The summed E-state index contributed by atoms with van der Waals surface area (Å²) in [7, 11) is 1.86. The first kappa shape index (κ1) is 19.1. The van der Waals surface area contributed by atoms with Crippen molar-refractivity contribution in [1.82, 2.24) is 0 Å². The highest BCUT2D eigenvalue weighted by Gasteiger charge is 2.67. The van der Waals surface area contributed by atoms with E-state index in [4.69, 9.17) is 9.47 Å². The van der Waals surface area contributed by atoms with Crippen molar-refractivity contribution in [2.75, 3.05) is 13.7 Å². The maximum atomic E-state index is 12.2. The Morgan fingerprint density at radius 3 is 2.61 bits per heavy atom. The Morgan fingerprint density at radius 1 is 1.07 bits per heavy atom. The molecule has 0 saturated heterocycles. The molecule has 156 valence electrons. The highest BCUT2D eigenvalue weighted by atomic mass is 16.5. The van der Waals surface area contributed by atoms with Crippen LogP contribution < -0.4 is 0 Å². The fourth-order valence-corrected chi connectivity index (χ4v) is 8.58. The van der Waals surface area contributed by atoms with Crippen LogP contribution in [0.2, 0.25) is 0 Å². The maximum Gasteiger partial charge on any atom is 0.331 e. The molecule has 0 unspecified atom stereocenters. The van der Waals surface area contributed by atoms with Crippen LogP contribution in [0.4, 0.5) is 0 Å². The molecule has 0 aromatic rings. The average molecular weight is 389 g/mol. The van der Waals surface area contributed by atoms with Crippen molar-refractivity contribution in [3.05, 3.63) is 11.6 Å².